The maximum Gasteiger partial charge on any atom is 0.252 e. The van der Waals surface area contributed by atoms with Crippen LogP contribution in [0.4, 0.5) is 15.8 Å². The second-order valence-electron chi connectivity index (χ2n) is 6.45. The van der Waals surface area contributed by atoms with Crippen molar-refractivity contribution in [3.05, 3.63) is 61.8 Å². The van der Waals surface area contributed by atoms with E-state index in [4.69, 9.17) is 9.94 Å². The summed E-state index contributed by atoms with van der Waals surface area (Å²) in [5.74, 6) is -0.431. The van der Waals surface area contributed by atoms with E-state index in [-0.39, 0.29) is 17.9 Å². The van der Waals surface area contributed by atoms with Crippen LogP contribution in [0.5, 0.6) is 0 Å². The van der Waals surface area contributed by atoms with Gasteiger partial charge in [0.1, 0.15) is 18.5 Å². The zero-order chi connectivity index (χ0) is 20.3. The van der Waals surface area contributed by atoms with Gasteiger partial charge in [-0.25, -0.2) is 4.39 Å². The van der Waals surface area contributed by atoms with Crippen molar-refractivity contribution in [2.45, 2.75) is 25.5 Å². The molecule has 0 saturated carbocycles. The van der Waals surface area contributed by atoms with Crippen LogP contribution in [-0.2, 0) is 17.8 Å². The highest BCUT2D eigenvalue weighted by molar-refractivity contribution is 14.1. The summed E-state index contributed by atoms with van der Waals surface area (Å²) < 4.78 is 16.7. The lowest BCUT2D eigenvalue weighted by atomic mass is 10.1. The van der Waals surface area contributed by atoms with Crippen molar-refractivity contribution < 1.29 is 19.4 Å². The maximum atomic E-state index is 14.3. The van der Waals surface area contributed by atoms with Crippen molar-refractivity contribution in [3.63, 3.8) is 0 Å². The monoisotopic (exact) mass is 501 g/mol. The molecule has 7 nitrogen and oxygen atoms in total. The van der Waals surface area contributed by atoms with Crippen LogP contribution < -0.4 is 16.4 Å². The first kappa shape index (κ1) is 20.8. The number of nitrogens with zero attached hydrogens (tertiary/aromatic N) is 1. The van der Waals surface area contributed by atoms with Crippen LogP contribution in [0.25, 0.3) is 5.70 Å². The smallest absolute Gasteiger partial charge is 0.252 e. The van der Waals surface area contributed by atoms with Crippen LogP contribution in [0.1, 0.15) is 17.7 Å². The van der Waals surface area contributed by atoms with Crippen LogP contribution in [-0.4, -0.2) is 34.1 Å². The molecule has 9 heteroatoms. The Bertz CT molecular complexity index is 948. The lowest BCUT2D eigenvalue weighted by Crippen LogP contribution is -2.26. The van der Waals surface area contributed by atoms with Gasteiger partial charge < -0.3 is 20.1 Å². The van der Waals surface area contributed by atoms with Crippen LogP contribution in [0.2, 0.25) is 0 Å². The van der Waals surface area contributed by atoms with E-state index in [2.05, 4.69) is 17.4 Å². The minimum absolute atomic E-state index is 0.140. The van der Waals surface area contributed by atoms with Crippen LogP contribution in [0, 0.1) is 9.39 Å². The third kappa shape index (κ3) is 4.54. The fourth-order valence-electron chi connectivity index (χ4n) is 3.11. The molecule has 2 aromatic rings. The van der Waals surface area contributed by atoms with E-state index in [1.165, 1.54) is 12.1 Å². The topological polar surface area (TPSA) is 95.8 Å². The lowest BCUT2D eigenvalue weighted by Gasteiger charge is -2.20. The van der Waals surface area contributed by atoms with Crippen molar-refractivity contribution in [1.29, 1.82) is 0 Å². The van der Waals surface area contributed by atoms with Crippen molar-refractivity contribution in [3.8, 4) is 0 Å². The summed E-state index contributed by atoms with van der Waals surface area (Å²) in [6.07, 6.45) is 0.471. The fraction of sp³-hybridized carbons (Fsp3) is 0.316. The van der Waals surface area contributed by atoms with E-state index in [0.29, 0.717) is 29.9 Å². The number of aromatic nitrogens is 1. The Labute approximate surface area is 174 Å². The van der Waals surface area contributed by atoms with E-state index in [0.717, 1.165) is 15.7 Å². The molecule has 1 aromatic carbocycles. The number of fused-ring (bicyclic) bond motifs is 1. The van der Waals surface area contributed by atoms with Crippen molar-refractivity contribution in [2.75, 3.05) is 18.5 Å². The number of aliphatic hydroxyl groups is 2. The summed E-state index contributed by atoms with van der Waals surface area (Å²) in [6, 6.07) is 6.18. The summed E-state index contributed by atoms with van der Waals surface area (Å²) in [5.41, 5.74) is 4.90. The molecule has 1 aliphatic heterocycles. The number of nitrogens with one attached hydrogen (secondary N) is 2. The lowest BCUT2D eigenvalue weighted by molar-refractivity contribution is -0.0189. The first-order valence-electron chi connectivity index (χ1n) is 8.75. The van der Waals surface area contributed by atoms with Gasteiger partial charge in [-0.2, -0.15) is 0 Å². The summed E-state index contributed by atoms with van der Waals surface area (Å²) in [7, 11) is 0. The van der Waals surface area contributed by atoms with Crippen LogP contribution in [0.15, 0.2) is 35.6 Å². The largest absolute Gasteiger partial charge is 0.394 e. The van der Waals surface area contributed by atoms with Gasteiger partial charge in [-0.3, -0.25) is 15.1 Å². The average molecular weight is 501 g/mol. The molecular formula is C19H21FIN3O4. The molecule has 1 atom stereocenters. The highest BCUT2D eigenvalue weighted by Crippen LogP contribution is 2.31. The molecule has 4 N–H and O–H groups in total. The number of hydrogen-bond donors (Lipinski definition) is 4. The van der Waals surface area contributed by atoms with Gasteiger partial charge in [0.25, 0.3) is 5.56 Å². The molecule has 0 aliphatic carbocycles. The Morgan fingerprint density at radius 3 is 2.89 bits per heavy atom. The highest BCUT2D eigenvalue weighted by atomic mass is 127. The fourth-order valence-corrected chi connectivity index (χ4v) is 3.56. The summed E-state index contributed by atoms with van der Waals surface area (Å²) >= 11 is 2.02. The van der Waals surface area contributed by atoms with Crippen LogP contribution >= 0.6 is 22.6 Å². The minimum atomic E-state index is -1.03. The Kier molecular flexibility index (Phi) is 6.70. The quantitative estimate of drug-likeness (QED) is 0.327. The molecule has 1 aromatic heterocycles. The molecule has 150 valence electrons. The van der Waals surface area contributed by atoms with E-state index in [9.17, 15) is 14.3 Å². The summed E-state index contributed by atoms with van der Waals surface area (Å²) in [4.78, 5) is 17.7. The molecule has 0 radical (unpaired) electrons. The minimum Gasteiger partial charge on any atom is -0.394 e. The SMILES string of the molecule is C=C(NOC[C@@H](O)CO)c1c(Nc2ccc(I)cc2F)cc(=O)n2c1CCC2. The first-order valence-corrected chi connectivity index (χ1v) is 9.83. The van der Waals surface area contributed by atoms with Gasteiger partial charge in [-0.1, -0.05) is 6.58 Å². The average Bonchev–Trinajstić information content (AvgIpc) is 3.14. The molecule has 3 rings (SSSR count). The van der Waals surface area contributed by atoms with E-state index in [1.54, 1.807) is 16.7 Å². The summed E-state index contributed by atoms with van der Waals surface area (Å²) in [6.45, 7) is 4.00. The Morgan fingerprint density at radius 2 is 2.18 bits per heavy atom. The van der Waals surface area contributed by atoms with Gasteiger partial charge >= 0.3 is 0 Å². The van der Waals surface area contributed by atoms with Gasteiger partial charge in [0.15, 0.2) is 0 Å². The highest BCUT2D eigenvalue weighted by Gasteiger charge is 2.22. The van der Waals surface area contributed by atoms with Crippen LogP contribution in [0.3, 0.4) is 0 Å². The van der Waals surface area contributed by atoms with Gasteiger partial charge in [0.2, 0.25) is 0 Å². The molecule has 2 heterocycles. The third-order valence-electron chi connectivity index (χ3n) is 4.40. The number of hydroxylamine groups is 1. The van der Waals surface area contributed by atoms with E-state index < -0.39 is 18.5 Å². The van der Waals surface area contributed by atoms with Gasteiger partial charge in [-0.05, 0) is 53.6 Å². The number of rotatable bonds is 8. The van der Waals surface area contributed by atoms with Crippen molar-refractivity contribution in [2.24, 2.45) is 0 Å². The van der Waals surface area contributed by atoms with Crippen molar-refractivity contribution >= 4 is 39.7 Å². The molecule has 0 fully saturated rings. The number of benzene rings is 1. The molecule has 0 bridgehead atoms. The Balaban J connectivity index is 1.94. The molecule has 28 heavy (non-hydrogen) atoms. The van der Waals surface area contributed by atoms with E-state index in [1.807, 2.05) is 22.6 Å². The number of pyridine rings is 1. The molecule has 0 amide bonds. The number of halogens is 2. The van der Waals surface area contributed by atoms with Gasteiger partial charge in [0, 0.05) is 27.4 Å². The molecular weight excluding hydrogens is 480 g/mol. The van der Waals surface area contributed by atoms with E-state index >= 15 is 0 Å². The summed E-state index contributed by atoms with van der Waals surface area (Å²) in [5, 5.41) is 21.2. The van der Waals surface area contributed by atoms with Gasteiger partial charge in [0.05, 0.1) is 23.7 Å². The first-order chi connectivity index (χ1) is 13.4. The third-order valence-corrected chi connectivity index (χ3v) is 5.07. The predicted octanol–water partition coefficient (Wildman–Crippen LogP) is 2.13. The standard InChI is InChI=1S/C19H21FIN3O4/c1-11(23-28-10-13(26)9-25)19-16(8-18(27)24-6-2-3-17(19)24)22-15-5-4-12(21)7-14(15)20/h4-5,7-8,13,22-23,25-26H,1-3,6,9-10H2/t13-/m0/s1. The zero-order valence-electron chi connectivity index (χ0n) is 15.0. The molecule has 0 unspecified atom stereocenters. The normalized spacial score (nSPS) is 13.9. The maximum absolute atomic E-state index is 14.3. The Morgan fingerprint density at radius 1 is 1.39 bits per heavy atom. The molecule has 1 aliphatic rings. The van der Waals surface area contributed by atoms with Crippen molar-refractivity contribution in [1.82, 2.24) is 10.0 Å². The van der Waals surface area contributed by atoms with Gasteiger partial charge in [-0.15, -0.1) is 0 Å². The number of anilines is 2. The molecule has 0 saturated heterocycles. The number of aliphatic hydroxyl groups excluding tert-OH is 2. The predicted molar refractivity (Wildman–Crippen MR) is 113 cm³/mol. The molecule has 0 spiro atoms. The number of hydrogen-bond acceptors (Lipinski definition) is 6. The zero-order valence-corrected chi connectivity index (χ0v) is 17.2. The Hall–Kier alpha value is -1.95. The second-order valence-corrected chi connectivity index (χ2v) is 7.70. The second kappa shape index (κ2) is 9.03.